The summed E-state index contributed by atoms with van der Waals surface area (Å²) in [6.07, 6.45) is 0. The van der Waals surface area contributed by atoms with Gasteiger partial charge in [0.15, 0.2) is 0 Å². The van der Waals surface area contributed by atoms with E-state index < -0.39 is 11.9 Å². The lowest BCUT2D eigenvalue weighted by molar-refractivity contribution is -0.139. The number of carbonyl (C=O) groups is 1. The van der Waals surface area contributed by atoms with E-state index in [1.54, 1.807) is 25.6 Å². The summed E-state index contributed by atoms with van der Waals surface area (Å²) in [6, 6.07) is 14.5. The number of hydrogen-bond donors (Lipinski definition) is 1. The number of nitriles is 1. The Bertz CT molecular complexity index is 1150. The second-order valence-electron chi connectivity index (χ2n) is 7.49. The molecule has 0 amide bonds. The molecule has 0 aromatic heterocycles. The van der Waals surface area contributed by atoms with Gasteiger partial charge in [-0.2, -0.15) is 5.26 Å². The molecule has 0 saturated heterocycles. The lowest BCUT2D eigenvalue weighted by Crippen LogP contribution is -2.26. The van der Waals surface area contributed by atoms with Gasteiger partial charge in [-0.25, -0.2) is 4.79 Å². The highest BCUT2D eigenvalue weighted by Gasteiger charge is 2.37. The van der Waals surface area contributed by atoms with E-state index >= 15 is 0 Å². The Morgan fingerprint density at radius 1 is 1.22 bits per heavy atom. The van der Waals surface area contributed by atoms with Crippen molar-refractivity contribution >= 4 is 33.7 Å². The molecule has 0 radical (unpaired) electrons. The number of thioether (sulfide) groups is 1. The zero-order valence-corrected chi connectivity index (χ0v) is 20.9. The Hall–Kier alpha value is -2.69. The fourth-order valence-corrected chi connectivity index (χ4v) is 4.97. The molecule has 7 heteroatoms. The number of carbonyl (C=O) groups excluding carboxylic acids is 1. The molecule has 1 heterocycles. The summed E-state index contributed by atoms with van der Waals surface area (Å²) >= 11 is 5.19. The van der Waals surface area contributed by atoms with Gasteiger partial charge in [-0.05, 0) is 74.2 Å². The number of aryl methyl sites for hydroxylation is 2. The first-order valence-electron chi connectivity index (χ1n) is 10.2. The van der Waals surface area contributed by atoms with Gasteiger partial charge in [0.05, 0.1) is 18.1 Å². The summed E-state index contributed by atoms with van der Waals surface area (Å²) in [6.45, 7) is 7.70. The number of esters is 1. The number of ether oxygens (including phenoxy) is 2. The number of rotatable bonds is 6. The zero-order valence-electron chi connectivity index (χ0n) is 18.5. The largest absolute Gasteiger partial charge is 0.463 e. The molecule has 2 aromatic rings. The molecule has 1 aliphatic rings. The quantitative estimate of drug-likeness (QED) is 0.377. The highest BCUT2D eigenvalue weighted by Crippen LogP contribution is 2.42. The average Bonchev–Trinajstić information content (AvgIpc) is 2.74. The molecule has 0 aliphatic carbocycles. The van der Waals surface area contributed by atoms with Crippen LogP contribution in [0.4, 0.5) is 0 Å². The third-order valence-electron chi connectivity index (χ3n) is 5.34. The van der Waals surface area contributed by atoms with E-state index in [1.165, 1.54) is 0 Å². The average molecular weight is 513 g/mol. The van der Waals surface area contributed by atoms with E-state index in [9.17, 15) is 10.1 Å². The maximum Gasteiger partial charge on any atom is 0.338 e. The first-order chi connectivity index (χ1) is 15.3. The van der Waals surface area contributed by atoms with E-state index in [-0.39, 0.29) is 18.1 Å². The summed E-state index contributed by atoms with van der Waals surface area (Å²) in [4.78, 5) is 14.0. The van der Waals surface area contributed by atoms with Crippen molar-refractivity contribution in [1.29, 1.82) is 5.26 Å². The van der Waals surface area contributed by atoms with Crippen molar-refractivity contribution in [3.8, 4) is 6.07 Å². The molecule has 2 aromatic carbocycles. The highest BCUT2D eigenvalue weighted by molar-refractivity contribution is 9.10. The molecule has 0 spiro atoms. The topological polar surface area (TPSA) is 85.3 Å². The van der Waals surface area contributed by atoms with Crippen LogP contribution in [0.5, 0.6) is 0 Å². The SMILES string of the molecule is CCOC(=O)C1=C(C)OC(N)=C(C#N)C1c1cc(CSc2ccc(Br)cc2)c(C)cc1C. The van der Waals surface area contributed by atoms with Gasteiger partial charge in [0.1, 0.15) is 17.4 Å². The summed E-state index contributed by atoms with van der Waals surface area (Å²) in [7, 11) is 0. The van der Waals surface area contributed by atoms with Crippen molar-refractivity contribution in [3.05, 3.63) is 85.9 Å². The maximum absolute atomic E-state index is 12.8. The lowest BCUT2D eigenvalue weighted by atomic mass is 9.80. The first kappa shape index (κ1) is 24.0. The van der Waals surface area contributed by atoms with Crippen LogP contribution in [0.15, 0.2) is 68.6 Å². The zero-order chi connectivity index (χ0) is 23.4. The van der Waals surface area contributed by atoms with Gasteiger partial charge in [-0.1, -0.05) is 28.1 Å². The van der Waals surface area contributed by atoms with Crippen LogP contribution < -0.4 is 5.73 Å². The second-order valence-corrected chi connectivity index (χ2v) is 9.46. The molecule has 5 nitrogen and oxygen atoms in total. The Balaban J connectivity index is 2.05. The molecule has 0 bridgehead atoms. The molecule has 3 rings (SSSR count). The fraction of sp³-hybridized carbons (Fsp3) is 0.280. The smallest absolute Gasteiger partial charge is 0.338 e. The van der Waals surface area contributed by atoms with E-state index in [4.69, 9.17) is 15.2 Å². The van der Waals surface area contributed by atoms with Gasteiger partial charge in [-0.15, -0.1) is 11.8 Å². The van der Waals surface area contributed by atoms with Crippen LogP contribution in [0.2, 0.25) is 0 Å². The molecular formula is C25H25BrN2O3S. The predicted octanol–water partition coefficient (Wildman–Crippen LogP) is 6.00. The van der Waals surface area contributed by atoms with Gasteiger partial charge < -0.3 is 15.2 Å². The Kier molecular flexibility index (Phi) is 7.70. The summed E-state index contributed by atoms with van der Waals surface area (Å²) in [5.41, 5.74) is 10.7. The number of halogens is 1. The van der Waals surface area contributed by atoms with Crippen LogP contribution >= 0.6 is 27.7 Å². The van der Waals surface area contributed by atoms with E-state index in [1.807, 2.05) is 19.1 Å². The van der Waals surface area contributed by atoms with Gasteiger partial charge in [-0.3, -0.25) is 0 Å². The van der Waals surface area contributed by atoms with Crippen LogP contribution in [0, 0.1) is 25.2 Å². The molecule has 1 aliphatic heterocycles. The van der Waals surface area contributed by atoms with E-state index in [2.05, 4.69) is 53.2 Å². The standard InChI is InChI=1S/C25H25BrN2O3S/c1-5-30-25(29)22-16(4)31-24(28)21(12-27)23(22)20-11-17(14(2)10-15(20)3)13-32-19-8-6-18(26)7-9-19/h6-11,23H,5,13,28H2,1-4H3. The summed E-state index contributed by atoms with van der Waals surface area (Å²) < 4.78 is 11.9. The second kappa shape index (κ2) is 10.3. The minimum atomic E-state index is -0.634. The number of hydrogen-bond acceptors (Lipinski definition) is 6. The van der Waals surface area contributed by atoms with Gasteiger partial charge in [0.2, 0.25) is 5.88 Å². The minimum absolute atomic E-state index is 0.0220. The van der Waals surface area contributed by atoms with Crippen molar-refractivity contribution in [3.63, 3.8) is 0 Å². The van der Waals surface area contributed by atoms with Crippen molar-refractivity contribution in [2.24, 2.45) is 5.73 Å². The molecule has 32 heavy (non-hydrogen) atoms. The predicted molar refractivity (Wildman–Crippen MR) is 130 cm³/mol. The Morgan fingerprint density at radius 2 is 1.91 bits per heavy atom. The molecule has 2 N–H and O–H groups in total. The van der Waals surface area contributed by atoms with Crippen LogP contribution in [0.1, 0.15) is 42.0 Å². The maximum atomic E-state index is 12.8. The van der Waals surface area contributed by atoms with Crippen LogP contribution in [-0.4, -0.2) is 12.6 Å². The van der Waals surface area contributed by atoms with Gasteiger partial charge >= 0.3 is 5.97 Å². The monoisotopic (exact) mass is 512 g/mol. The normalized spacial score (nSPS) is 15.9. The highest BCUT2D eigenvalue weighted by atomic mass is 79.9. The fourth-order valence-electron chi connectivity index (χ4n) is 3.74. The van der Waals surface area contributed by atoms with E-state index in [0.717, 1.165) is 37.4 Å². The third kappa shape index (κ3) is 5.03. The van der Waals surface area contributed by atoms with Crippen LogP contribution in [0.25, 0.3) is 0 Å². The minimum Gasteiger partial charge on any atom is -0.463 e. The molecule has 1 atom stereocenters. The van der Waals surface area contributed by atoms with Crippen LogP contribution in [0.3, 0.4) is 0 Å². The van der Waals surface area contributed by atoms with Crippen LogP contribution in [-0.2, 0) is 20.0 Å². The van der Waals surface area contributed by atoms with Crippen molar-refractivity contribution in [2.45, 2.75) is 44.3 Å². The number of allylic oxidation sites excluding steroid dienone is 2. The third-order valence-corrected chi connectivity index (χ3v) is 6.93. The molecular weight excluding hydrogens is 488 g/mol. The van der Waals surface area contributed by atoms with Crippen molar-refractivity contribution < 1.29 is 14.3 Å². The Morgan fingerprint density at radius 3 is 2.53 bits per heavy atom. The molecule has 166 valence electrons. The van der Waals surface area contributed by atoms with Crippen molar-refractivity contribution in [2.75, 3.05) is 6.61 Å². The number of nitrogens with zero attached hydrogens (tertiary/aromatic N) is 1. The summed E-state index contributed by atoms with van der Waals surface area (Å²) in [5.74, 6) is -0.00182. The summed E-state index contributed by atoms with van der Waals surface area (Å²) in [5, 5.41) is 9.85. The molecule has 1 unspecified atom stereocenters. The molecule has 0 fully saturated rings. The van der Waals surface area contributed by atoms with Crippen molar-refractivity contribution in [1.82, 2.24) is 0 Å². The van der Waals surface area contributed by atoms with E-state index in [0.29, 0.717) is 11.3 Å². The Labute approximate surface area is 201 Å². The number of benzene rings is 2. The molecule has 0 saturated carbocycles. The lowest BCUT2D eigenvalue weighted by Gasteiger charge is -2.28. The first-order valence-corrected chi connectivity index (χ1v) is 12.0. The number of nitrogens with two attached hydrogens (primary N) is 1. The van der Waals surface area contributed by atoms with Gasteiger partial charge in [0, 0.05) is 15.1 Å². The van der Waals surface area contributed by atoms with Gasteiger partial charge in [0.25, 0.3) is 0 Å².